The fourth-order valence-electron chi connectivity index (χ4n) is 2.58. The number of guanidine groups is 1. The summed E-state index contributed by atoms with van der Waals surface area (Å²) < 4.78 is 5.47. The molecule has 0 aliphatic heterocycles. The second kappa shape index (κ2) is 10.0. The molecule has 3 aromatic rings. The molecule has 0 spiro atoms. The standard InChI is InChI=1S/C23H24N4O2/c1-3-29-21-13-11-19(12-14-21)26-23(25-16-20-6-4-5-15-24-20)27-22(28)18-9-7-17(2)8-10-18/h4-15H,3,16H2,1-2H3,(H2,25,26,27,28). The third-order valence-electron chi connectivity index (χ3n) is 4.10. The van der Waals surface area contributed by atoms with Gasteiger partial charge in [0.25, 0.3) is 5.91 Å². The van der Waals surface area contributed by atoms with Gasteiger partial charge in [0.05, 0.1) is 18.8 Å². The molecule has 1 amide bonds. The van der Waals surface area contributed by atoms with E-state index >= 15 is 0 Å². The number of benzene rings is 2. The Morgan fingerprint density at radius 3 is 2.45 bits per heavy atom. The number of hydrogen-bond donors (Lipinski definition) is 2. The minimum atomic E-state index is -0.233. The number of amides is 1. The number of carbonyl (C=O) groups is 1. The molecule has 0 fully saturated rings. The quantitative estimate of drug-likeness (QED) is 0.490. The van der Waals surface area contributed by atoms with Crippen LogP contribution in [0.3, 0.4) is 0 Å². The first-order chi connectivity index (χ1) is 14.1. The molecule has 1 aromatic heterocycles. The summed E-state index contributed by atoms with van der Waals surface area (Å²) in [6.07, 6.45) is 1.72. The Balaban J connectivity index is 1.76. The second-order valence-corrected chi connectivity index (χ2v) is 6.39. The van der Waals surface area contributed by atoms with Crippen LogP contribution in [0.15, 0.2) is 77.9 Å². The molecule has 3 rings (SSSR count). The van der Waals surface area contributed by atoms with Gasteiger partial charge in [0.1, 0.15) is 5.75 Å². The van der Waals surface area contributed by atoms with Crippen LogP contribution in [0.1, 0.15) is 28.5 Å². The first kappa shape index (κ1) is 20.1. The summed E-state index contributed by atoms with van der Waals surface area (Å²) in [6.45, 7) is 4.87. The minimum absolute atomic E-state index is 0.233. The Labute approximate surface area is 170 Å². The van der Waals surface area contributed by atoms with Gasteiger partial charge in [-0.05, 0) is 62.4 Å². The van der Waals surface area contributed by atoms with Crippen LogP contribution in [0, 0.1) is 6.92 Å². The lowest BCUT2D eigenvalue weighted by molar-refractivity contribution is 0.0977. The lowest BCUT2D eigenvalue weighted by Gasteiger charge is -2.13. The molecule has 0 bridgehead atoms. The van der Waals surface area contributed by atoms with E-state index in [1.165, 1.54) is 0 Å². The third-order valence-corrected chi connectivity index (χ3v) is 4.10. The van der Waals surface area contributed by atoms with Crippen molar-refractivity contribution in [2.45, 2.75) is 20.4 Å². The van der Waals surface area contributed by atoms with Crippen LogP contribution in [0.4, 0.5) is 5.69 Å². The van der Waals surface area contributed by atoms with E-state index in [2.05, 4.69) is 20.6 Å². The fraction of sp³-hybridized carbons (Fsp3) is 0.174. The summed E-state index contributed by atoms with van der Waals surface area (Å²) in [5.41, 5.74) is 3.26. The van der Waals surface area contributed by atoms with Gasteiger partial charge in [0.2, 0.25) is 5.96 Å². The van der Waals surface area contributed by atoms with Gasteiger partial charge in [-0.2, -0.15) is 0 Å². The van der Waals surface area contributed by atoms with Crippen molar-refractivity contribution in [2.24, 2.45) is 4.99 Å². The second-order valence-electron chi connectivity index (χ2n) is 6.39. The van der Waals surface area contributed by atoms with Gasteiger partial charge in [0, 0.05) is 17.4 Å². The van der Waals surface area contributed by atoms with Crippen molar-refractivity contribution in [2.75, 3.05) is 11.9 Å². The molecule has 2 aromatic carbocycles. The van der Waals surface area contributed by atoms with E-state index in [9.17, 15) is 4.79 Å². The minimum Gasteiger partial charge on any atom is -0.494 e. The molecule has 0 radical (unpaired) electrons. The summed E-state index contributed by atoms with van der Waals surface area (Å²) in [5.74, 6) is 0.905. The number of pyridine rings is 1. The zero-order chi connectivity index (χ0) is 20.5. The number of nitrogens with zero attached hydrogens (tertiary/aromatic N) is 2. The number of anilines is 1. The highest BCUT2D eigenvalue weighted by Gasteiger charge is 2.10. The van der Waals surface area contributed by atoms with Crippen molar-refractivity contribution in [3.8, 4) is 5.75 Å². The Morgan fingerprint density at radius 1 is 1.03 bits per heavy atom. The van der Waals surface area contributed by atoms with Gasteiger partial charge >= 0.3 is 0 Å². The van der Waals surface area contributed by atoms with Crippen LogP contribution in [0.25, 0.3) is 0 Å². The number of ether oxygens (including phenoxy) is 1. The Kier molecular flexibility index (Phi) is 6.95. The van der Waals surface area contributed by atoms with E-state index in [1.54, 1.807) is 18.3 Å². The molecular weight excluding hydrogens is 364 g/mol. The molecule has 0 atom stereocenters. The van der Waals surface area contributed by atoms with Crippen LogP contribution in [-0.2, 0) is 6.54 Å². The highest BCUT2D eigenvalue weighted by Crippen LogP contribution is 2.15. The Hall–Kier alpha value is -3.67. The van der Waals surface area contributed by atoms with Gasteiger partial charge in [-0.25, -0.2) is 4.99 Å². The zero-order valence-corrected chi connectivity index (χ0v) is 16.6. The van der Waals surface area contributed by atoms with Gasteiger partial charge in [-0.1, -0.05) is 23.8 Å². The normalized spacial score (nSPS) is 11.0. The van der Waals surface area contributed by atoms with E-state index in [1.807, 2.05) is 68.4 Å². The molecule has 1 heterocycles. The van der Waals surface area contributed by atoms with Crippen molar-refractivity contribution in [3.05, 3.63) is 89.7 Å². The molecular formula is C23H24N4O2. The van der Waals surface area contributed by atoms with Crippen molar-refractivity contribution < 1.29 is 9.53 Å². The first-order valence-electron chi connectivity index (χ1n) is 9.46. The predicted molar refractivity (Wildman–Crippen MR) is 115 cm³/mol. The average molecular weight is 388 g/mol. The molecule has 0 saturated heterocycles. The number of hydrogen-bond acceptors (Lipinski definition) is 4. The van der Waals surface area contributed by atoms with Gasteiger partial charge < -0.3 is 10.1 Å². The zero-order valence-electron chi connectivity index (χ0n) is 16.6. The van der Waals surface area contributed by atoms with Gasteiger partial charge in [-0.15, -0.1) is 0 Å². The Morgan fingerprint density at radius 2 is 1.79 bits per heavy atom. The molecule has 0 unspecified atom stereocenters. The smallest absolute Gasteiger partial charge is 0.257 e. The number of rotatable bonds is 6. The third kappa shape index (κ3) is 6.17. The molecule has 6 heteroatoms. The number of aryl methyl sites for hydroxylation is 1. The molecule has 29 heavy (non-hydrogen) atoms. The van der Waals surface area contributed by atoms with E-state index in [0.29, 0.717) is 24.7 Å². The summed E-state index contributed by atoms with van der Waals surface area (Å²) in [4.78, 5) is 21.4. The lowest BCUT2D eigenvalue weighted by atomic mass is 10.1. The lowest BCUT2D eigenvalue weighted by Crippen LogP contribution is -2.36. The maximum atomic E-state index is 12.6. The van der Waals surface area contributed by atoms with Crippen molar-refractivity contribution in [1.82, 2.24) is 10.3 Å². The number of aromatic nitrogens is 1. The Bertz CT molecular complexity index is 952. The number of carbonyl (C=O) groups excluding carboxylic acids is 1. The molecule has 2 N–H and O–H groups in total. The SMILES string of the molecule is CCOc1ccc(NC(=NCc2ccccn2)NC(=O)c2ccc(C)cc2)cc1. The van der Waals surface area contributed by atoms with Crippen LogP contribution < -0.4 is 15.4 Å². The summed E-state index contributed by atoms with van der Waals surface area (Å²) in [7, 11) is 0. The van der Waals surface area contributed by atoms with Crippen LogP contribution in [0.5, 0.6) is 5.75 Å². The number of aliphatic imine (C=N–C) groups is 1. The highest BCUT2D eigenvalue weighted by molar-refractivity contribution is 6.09. The number of nitrogens with one attached hydrogen (secondary N) is 2. The summed E-state index contributed by atoms with van der Waals surface area (Å²) in [5, 5.41) is 6.02. The van der Waals surface area contributed by atoms with Crippen molar-refractivity contribution in [3.63, 3.8) is 0 Å². The predicted octanol–water partition coefficient (Wildman–Crippen LogP) is 4.19. The molecule has 0 aliphatic rings. The topological polar surface area (TPSA) is 75.6 Å². The van der Waals surface area contributed by atoms with Crippen molar-refractivity contribution >= 4 is 17.6 Å². The summed E-state index contributed by atoms with van der Waals surface area (Å²) in [6, 6.07) is 20.5. The van der Waals surface area contributed by atoms with Gasteiger partial charge in [0.15, 0.2) is 0 Å². The van der Waals surface area contributed by atoms with E-state index in [0.717, 1.165) is 22.7 Å². The maximum Gasteiger partial charge on any atom is 0.257 e. The largest absolute Gasteiger partial charge is 0.494 e. The summed E-state index contributed by atoms with van der Waals surface area (Å²) >= 11 is 0. The van der Waals surface area contributed by atoms with E-state index in [-0.39, 0.29) is 5.91 Å². The van der Waals surface area contributed by atoms with Crippen LogP contribution in [-0.4, -0.2) is 23.5 Å². The first-order valence-corrected chi connectivity index (χ1v) is 9.46. The monoisotopic (exact) mass is 388 g/mol. The molecule has 148 valence electrons. The van der Waals surface area contributed by atoms with Crippen molar-refractivity contribution in [1.29, 1.82) is 0 Å². The maximum absolute atomic E-state index is 12.6. The fourth-order valence-corrected chi connectivity index (χ4v) is 2.58. The van der Waals surface area contributed by atoms with Gasteiger partial charge in [-0.3, -0.25) is 15.1 Å². The molecule has 0 aliphatic carbocycles. The van der Waals surface area contributed by atoms with Crippen LogP contribution in [0.2, 0.25) is 0 Å². The van der Waals surface area contributed by atoms with E-state index in [4.69, 9.17) is 4.74 Å². The molecule has 6 nitrogen and oxygen atoms in total. The average Bonchev–Trinajstić information content (AvgIpc) is 2.75. The molecule has 0 saturated carbocycles. The van der Waals surface area contributed by atoms with Crippen LogP contribution >= 0.6 is 0 Å². The highest BCUT2D eigenvalue weighted by atomic mass is 16.5. The van der Waals surface area contributed by atoms with E-state index < -0.39 is 0 Å².